The number of hydrogen-bond acceptors (Lipinski definition) is 7. The average molecular weight is 457 g/mol. The van der Waals surface area contributed by atoms with Crippen molar-refractivity contribution in [3.05, 3.63) is 88.8 Å². The third-order valence-corrected chi connectivity index (χ3v) is 5.92. The number of aromatic nitrogens is 1. The molecule has 0 spiro atoms. The molecule has 0 saturated carbocycles. The van der Waals surface area contributed by atoms with E-state index >= 15 is 0 Å². The van der Waals surface area contributed by atoms with Crippen LogP contribution in [0.2, 0.25) is 0 Å². The Morgan fingerprint density at radius 3 is 2.42 bits per heavy atom. The molecule has 0 fully saturated rings. The number of ether oxygens (including phenoxy) is 3. The first-order valence-electron chi connectivity index (χ1n) is 10.1. The van der Waals surface area contributed by atoms with Gasteiger partial charge in [-0.3, -0.25) is 0 Å². The van der Waals surface area contributed by atoms with Crippen molar-refractivity contribution in [2.24, 2.45) is 0 Å². The molecule has 0 aliphatic rings. The van der Waals surface area contributed by atoms with Crippen molar-refractivity contribution in [3.63, 3.8) is 0 Å². The van der Waals surface area contributed by atoms with Crippen molar-refractivity contribution < 1.29 is 19.0 Å². The topological polar surface area (TPSA) is 81.4 Å². The standard InChI is InChI=1S/C26H20N2O4S/c1-30-20-11-9-18(10-12-20)21-14-23(24-4-3-13-33-24)28-25(22(21)15-27)32-16-17-5-7-19(8-6-17)26(29)31-2/h3-14H,16H2,1-2H3. The first-order valence-corrected chi connectivity index (χ1v) is 10.9. The molecule has 6 nitrogen and oxygen atoms in total. The van der Waals surface area contributed by atoms with Crippen molar-refractivity contribution in [1.29, 1.82) is 5.26 Å². The molecule has 0 unspecified atom stereocenters. The first-order chi connectivity index (χ1) is 16.1. The van der Waals surface area contributed by atoms with Crippen LogP contribution in [0, 0.1) is 11.3 Å². The van der Waals surface area contributed by atoms with E-state index in [1.165, 1.54) is 7.11 Å². The van der Waals surface area contributed by atoms with Gasteiger partial charge in [0.05, 0.1) is 30.4 Å². The maximum absolute atomic E-state index is 11.6. The average Bonchev–Trinajstić information content (AvgIpc) is 3.42. The van der Waals surface area contributed by atoms with E-state index in [0.29, 0.717) is 11.1 Å². The summed E-state index contributed by atoms with van der Waals surface area (Å²) in [6.07, 6.45) is 0. The maximum atomic E-state index is 11.6. The molecule has 0 bridgehead atoms. The van der Waals surface area contributed by atoms with Gasteiger partial charge in [-0.2, -0.15) is 5.26 Å². The predicted octanol–water partition coefficient (Wildman–Crippen LogP) is 5.72. The van der Waals surface area contributed by atoms with Crippen LogP contribution in [-0.2, 0) is 11.3 Å². The van der Waals surface area contributed by atoms with Crippen molar-refractivity contribution >= 4 is 17.3 Å². The van der Waals surface area contributed by atoms with E-state index in [1.54, 1.807) is 42.7 Å². The van der Waals surface area contributed by atoms with Gasteiger partial charge in [0.1, 0.15) is 24.0 Å². The Morgan fingerprint density at radius 1 is 1.06 bits per heavy atom. The van der Waals surface area contributed by atoms with Gasteiger partial charge in [0, 0.05) is 5.56 Å². The molecule has 0 amide bonds. The fraction of sp³-hybridized carbons (Fsp3) is 0.115. The van der Waals surface area contributed by atoms with Gasteiger partial charge in [0.15, 0.2) is 0 Å². The second-order valence-corrected chi connectivity index (χ2v) is 7.98. The molecule has 7 heteroatoms. The molecule has 0 aliphatic heterocycles. The lowest BCUT2D eigenvalue weighted by atomic mass is 10.00. The second kappa shape index (κ2) is 9.98. The van der Waals surface area contributed by atoms with E-state index in [2.05, 4.69) is 11.1 Å². The molecule has 33 heavy (non-hydrogen) atoms. The van der Waals surface area contributed by atoms with Crippen molar-refractivity contribution in [2.45, 2.75) is 6.61 Å². The summed E-state index contributed by atoms with van der Waals surface area (Å²) in [5, 5.41) is 11.9. The first kappa shape index (κ1) is 22.1. The van der Waals surface area contributed by atoms with Crippen LogP contribution in [0.5, 0.6) is 11.6 Å². The number of esters is 1. The quantitative estimate of drug-likeness (QED) is 0.331. The lowest BCUT2D eigenvalue weighted by Gasteiger charge is -2.13. The van der Waals surface area contributed by atoms with Crippen LogP contribution in [0.1, 0.15) is 21.5 Å². The fourth-order valence-electron chi connectivity index (χ4n) is 3.29. The molecule has 2 aromatic heterocycles. The number of nitrogens with zero attached hydrogens (tertiary/aromatic N) is 2. The number of thiophene rings is 1. The lowest BCUT2D eigenvalue weighted by Crippen LogP contribution is -2.04. The van der Waals surface area contributed by atoms with Gasteiger partial charge in [-0.15, -0.1) is 11.3 Å². The highest BCUT2D eigenvalue weighted by atomic mass is 32.1. The molecule has 0 radical (unpaired) electrons. The van der Waals surface area contributed by atoms with Gasteiger partial charge in [0.25, 0.3) is 0 Å². The molecule has 4 rings (SSSR count). The molecule has 0 aliphatic carbocycles. The Hall–Kier alpha value is -4.15. The summed E-state index contributed by atoms with van der Waals surface area (Å²) in [4.78, 5) is 17.3. The predicted molar refractivity (Wildman–Crippen MR) is 126 cm³/mol. The monoisotopic (exact) mass is 456 g/mol. The van der Waals surface area contributed by atoms with Crippen LogP contribution in [-0.4, -0.2) is 25.2 Å². The molecule has 2 aromatic carbocycles. The van der Waals surface area contributed by atoms with E-state index < -0.39 is 5.97 Å². The number of hydrogen-bond donors (Lipinski definition) is 0. The van der Waals surface area contributed by atoms with Crippen molar-refractivity contribution in [3.8, 4) is 39.4 Å². The third kappa shape index (κ3) is 4.86. The molecule has 0 N–H and O–H groups in total. The minimum atomic E-state index is -0.399. The number of carbonyl (C=O) groups excluding carboxylic acids is 1. The summed E-state index contributed by atoms with van der Waals surface area (Å²) in [6.45, 7) is 0.194. The van der Waals surface area contributed by atoms with Crippen LogP contribution >= 0.6 is 11.3 Å². The Bertz CT molecular complexity index is 1290. The zero-order chi connectivity index (χ0) is 23.2. The van der Waals surface area contributed by atoms with Crippen LogP contribution in [0.25, 0.3) is 21.7 Å². The minimum Gasteiger partial charge on any atom is -0.497 e. The second-order valence-electron chi connectivity index (χ2n) is 7.03. The summed E-state index contributed by atoms with van der Waals surface area (Å²) in [5.41, 5.74) is 3.96. The number of benzene rings is 2. The summed E-state index contributed by atoms with van der Waals surface area (Å²) in [6, 6.07) is 22.5. The van der Waals surface area contributed by atoms with Gasteiger partial charge >= 0.3 is 5.97 Å². The van der Waals surface area contributed by atoms with Gasteiger partial charge in [-0.25, -0.2) is 9.78 Å². The molecular formula is C26H20N2O4S. The van der Waals surface area contributed by atoms with Crippen molar-refractivity contribution in [1.82, 2.24) is 4.98 Å². The van der Waals surface area contributed by atoms with Gasteiger partial charge in [0.2, 0.25) is 5.88 Å². The smallest absolute Gasteiger partial charge is 0.337 e. The third-order valence-electron chi connectivity index (χ3n) is 5.02. The Labute approximate surface area is 195 Å². The Kier molecular flexibility index (Phi) is 6.67. The number of rotatable bonds is 7. The van der Waals surface area contributed by atoms with Crippen LogP contribution < -0.4 is 9.47 Å². The van der Waals surface area contributed by atoms with Gasteiger partial charge in [-0.1, -0.05) is 30.3 Å². The molecule has 0 atom stereocenters. The van der Waals surface area contributed by atoms with E-state index in [-0.39, 0.29) is 12.5 Å². The molecule has 4 aromatic rings. The zero-order valence-electron chi connectivity index (χ0n) is 18.1. The summed E-state index contributed by atoms with van der Waals surface area (Å²) in [5.74, 6) is 0.589. The summed E-state index contributed by atoms with van der Waals surface area (Å²) >= 11 is 1.56. The SMILES string of the molecule is COC(=O)c1ccc(COc2nc(-c3cccs3)cc(-c3ccc(OC)cc3)c2C#N)cc1. The van der Waals surface area contributed by atoms with Crippen LogP contribution in [0.4, 0.5) is 0 Å². The number of carbonyl (C=O) groups is 1. The fourth-order valence-corrected chi connectivity index (χ4v) is 3.98. The molecular weight excluding hydrogens is 436 g/mol. The summed E-state index contributed by atoms with van der Waals surface area (Å²) < 4.78 is 16.0. The largest absolute Gasteiger partial charge is 0.497 e. The number of pyridine rings is 1. The van der Waals surface area contributed by atoms with E-state index in [9.17, 15) is 10.1 Å². The van der Waals surface area contributed by atoms with Gasteiger partial charge in [-0.05, 0) is 52.9 Å². The molecule has 2 heterocycles. The van der Waals surface area contributed by atoms with Crippen LogP contribution in [0.15, 0.2) is 72.1 Å². The molecule has 0 saturated heterocycles. The zero-order valence-corrected chi connectivity index (χ0v) is 18.9. The van der Waals surface area contributed by atoms with Crippen molar-refractivity contribution in [2.75, 3.05) is 14.2 Å². The maximum Gasteiger partial charge on any atom is 0.337 e. The number of nitriles is 1. The number of methoxy groups -OCH3 is 2. The lowest BCUT2D eigenvalue weighted by molar-refractivity contribution is 0.0600. The highest BCUT2D eigenvalue weighted by molar-refractivity contribution is 7.13. The molecule has 164 valence electrons. The highest BCUT2D eigenvalue weighted by Crippen LogP contribution is 2.35. The van der Waals surface area contributed by atoms with E-state index in [1.807, 2.05) is 47.8 Å². The highest BCUT2D eigenvalue weighted by Gasteiger charge is 2.17. The van der Waals surface area contributed by atoms with Crippen LogP contribution in [0.3, 0.4) is 0 Å². The van der Waals surface area contributed by atoms with E-state index in [4.69, 9.17) is 14.2 Å². The van der Waals surface area contributed by atoms with Gasteiger partial charge < -0.3 is 14.2 Å². The van der Waals surface area contributed by atoms with E-state index in [0.717, 1.165) is 33.0 Å². The Morgan fingerprint density at radius 2 is 1.82 bits per heavy atom. The summed E-state index contributed by atoms with van der Waals surface area (Å²) in [7, 11) is 2.95. The minimum absolute atomic E-state index is 0.194. The normalized spacial score (nSPS) is 10.3. The Balaban J connectivity index is 1.71.